The monoisotopic (exact) mass is 310 g/mol. The molecule has 0 saturated carbocycles. The summed E-state index contributed by atoms with van der Waals surface area (Å²) >= 11 is 0. The van der Waals surface area contributed by atoms with Crippen LogP contribution in [0.5, 0.6) is 0 Å². The van der Waals surface area contributed by atoms with Crippen molar-refractivity contribution < 1.29 is 9.00 Å². The summed E-state index contributed by atoms with van der Waals surface area (Å²) in [5.41, 5.74) is 1.43. The Kier molecular flexibility index (Phi) is 3.58. The lowest BCUT2D eigenvalue weighted by atomic mass is 10.1. The Labute approximate surface area is 122 Å². The maximum absolute atomic E-state index is 13.0. The summed E-state index contributed by atoms with van der Waals surface area (Å²) in [7, 11) is -4.79. The van der Waals surface area contributed by atoms with Crippen LogP contribution in [0.1, 0.15) is 36.7 Å². The van der Waals surface area contributed by atoms with Crippen LogP contribution in [0.3, 0.4) is 0 Å². The van der Waals surface area contributed by atoms with E-state index < -0.39 is 18.2 Å². The van der Waals surface area contributed by atoms with Gasteiger partial charge in [0.15, 0.2) is 8.24 Å². The number of amides is 1. The maximum Gasteiger partial charge on any atom is 0.263 e. The van der Waals surface area contributed by atoms with Crippen LogP contribution in [-0.4, -0.2) is 18.4 Å². The van der Waals surface area contributed by atoms with Crippen molar-refractivity contribution in [2.24, 2.45) is 4.03 Å². The fourth-order valence-electron chi connectivity index (χ4n) is 1.88. The highest BCUT2D eigenvalue weighted by molar-refractivity contribution is 7.92. The van der Waals surface area contributed by atoms with Crippen molar-refractivity contribution in [2.45, 2.75) is 44.7 Å². The van der Waals surface area contributed by atoms with Gasteiger partial charge in [-0.05, 0) is 29.8 Å². The minimum absolute atomic E-state index is 0.000890. The molecule has 0 aromatic heterocycles. The highest BCUT2D eigenvalue weighted by Gasteiger charge is 2.38. The van der Waals surface area contributed by atoms with Crippen molar-refractivity contribution in [1.29, 1.82) is 0 Å². The van der Waals surface area contributed by atoms with E-state index in [-0.39, 0.29) is 10.9 Å². The molecule has 1 aliphatic heterocycles. The van der Waals surface area contributed by atoms with E-state index in [4.69, 9.17) is 0 Å². The highest BCUT2D eigenvalue weighted by Crippen LogP contribution is 2.38. The van der Waals surface area contributed by atoms with Gasteiger partial charge in [-0.3, -0.25) is 13.5 Å². The normalized spacial score (nSPS) is 22.9. The van der Waals surface area contributed by atoms with Crippen molar-refractivity contribution >= 4 is 24.1 Å². The predicted octanol–water partition coefficient (Wildman–Crippen LogP) is 3.32. The average molecular weight is 310 g/mol. The molecule has 0 aliphatic carbocycles. The number of carbonyl (C=O) groups is 1. The molecule has 1 aliphatic rings. The molecule has 110 valence electrons. The Bertz CT molecular complexity index is 668. The van der Waals surface area contributed by atoms with Gasteiger partial charge in [-0.15, -0.1) is 0 Å². The van der Waals surface area contributed by atoms with Crippen LogP contribution in [0.4, 0.5) is 0 Å². The first kappa shape index (κ1) is 15.2. The molecule has 1 unspecified atom stereocenters. The van der Waals surface area contributed by atoms with Gasteiger partial charge in [0.2, 0.25) is 0 Å². The van der Waals surface area contributed by atoms with Crippen molar-refractivity contribution in [1.82, 2.24) is 4.72 Å². The molecule has 1 aromatic carbocycles. The van der Waals surface area contributed by atoms with E-state index in [0.29, 0.717) is 11.3 Å². The van der Waals surface area contributed by atoms with Crippen LogP contribution in [0, 0.1) is 0 Å². The van der Waals surface area contributed by atoms with Gasteiger partial charge in [0.05, 0.1) is 5.75 Å². The van der Waals surface area contributed by atoms with Gasteiger partial charge in [-0.25, -0.2) is 4.21 Å². The van der Waals surface area contributed by atoms with E-state index in [0.717, 1.165) is 5.56 Å². The van der Waals surface area contributed by atoms with Crippen LogP contribution >= 0.6 is 0 Å². The molecule has 0 saturated heterocycles. The summed E-state index contributed by atoms with van der Waals surface area (Å²) in [5.74, 6) is 0.0286. The number of hydrogen-bond donors (Lipinski definition) is 1. The van der Waals surface area contributed by atoms with Gasteiger partial charge in [0, 0.05) is 5.56 Å². The molecule has 1 aromatic rings. The third-order valence-corrected chi connectivity index (χ3v) is 12.0. The Morgan fingerprint density at radius 1 is 1.25 bits per heavy atom. The number of benzene rings is 1. The van der Waals surface area contributed by atoms with Crippen LogP contribution in [0.25, 0.3) is 0 Å². The minimum Gasteiger partial charge on any atom is -0.268 e. The van der Waals surface area contributed by atoms with Gasteiger partial charge in [-0.2, -0.15) is 0 Å². The number of carbonyl (C=O) groups excluding carboxylic acids is 1. The predicted molar refractivity (Wildman–Crippen MR) is 85.4 cm³/mol. The third kappa shape index (κ3) is 2.81. The Hall–Kier alpha value is -1.14. The summed E-state index contributed by atoms with van der Waals surface area (Å²) in [4.78, 5) is 12.1. The van der Waals surface area contributed by atoms with Crippen molar-refractivity contribution in [3.8, 4) is 0 Å². The second kappa shape index (κ2) is 4.70. The number of hydrogen-bond acceptors (Lipinski definition) is 3. The summed E-state index contributed by atoms with van der Waals surface area (Å²) in [6.45, 7) is 10.5. The SMILES string of the molecule is CC(C)(C)[Si](C)(C)N=S1(=O)Cc2ccccc2C(=O)N1. The molecule has 4 nitrogen and oxygen atoms in total. The van der Waals surface area contributed by atoms with Gasteiger partial charge < -0.3 is 0 Å². The van der Waals surface area contributed by atoms with Gasteiger partial charge in [0.1, 0.15) is 9.92 Å². The second-order valence-electron chi connectivity index (χ2n) is 6.77. The van der Waals surface area contributed by atoms with E-state index in [9.17, 15) is 9.00 Å². The lowest BCUT2D eigenvalue weighted by molar-refractivity contribution is 0.0979. The molecule has 0 radical (unpaired) electrons. The van der Waals surface area contributed by atoms with Crippen LogP contribution in [-0.2, 0) is 15.7 Å². The number of nitrogens with one attached hydrogen (secondary N) is 1. The lowest BCUT2D eigenvalue weighted by Crippen LogP contribution is -2.42. The minimum atomic E-state index is -2.71. The van der Waals surface area contributed by atoms with Crippen LogP contribution < -0.4 is 4.72 Å². The molecule has 6 heteroatoms. The smallest absolute Gasteiger partial charge is 0.263 e. The fourth-order valence-corrected chi connectivity index (χ4v) is 7.51. The first-order chi connectivity index (χ1) is 9.04. The van der Waals surface area contributed by atoms with E-state index in [1.165, 1.54) is 0 Å². The largest absolute Gasteiger partial charge is 0.268 e. The lowest BCUT2D eigenvalue weighted by Gasteiger charge is -2.34. The Balaban J connectivity index is 2.50. The summed E-state index contributed by atoms with van der Waals surface area (Å²) in [6.07, 6.45) is 0. The molecule has 0 fully saturated rings. The molecule has 2 rings (SSSR count). The number of rotatable bonds is 1. The fraction of sp³-hybridized carbons (Fsp3) is 0.500. The molecule has 1 heterocycles. The average Bonchev–Trinajstić information content (AvgIpc) is 2.25. The van der Waals surface area contributed by atoms with Crippen molar-refractivity contribution in [3.63, 3.8) is 0 Å². The zero-order valence-corrected chi connectivity index (χ0v) is 14.5. The molecule has 20 heavy (non-hydrogen) atoms. The molecule has 1 N–H and O–H groups in total. The van der Waals surface area contributed by atoms with Gasteiger partial charge in [-0.1, -0.05) is 39.0 Å². The second-order valence-corrected chi connectivity index (χ2v) is 13.9. The highest BCUT2D eigenvalue weighted by atomic mass is 32.2. The van der Waals surface area contributed by atoms with Gasteiger partial charge in [0.25, 0.3) is 5.91 Å². The topological polar surface area (TPSA) is 58.5 Å². The number of nitrogens with zero attached hydrogens (tertiary/aromatic N) is 1. The van der Waals surface area contributed by atoms with E-state index in [1.54, 1.807) is 6.07 Å². The first-order valence-corrected chi connectivity index (χ1v) is 11.3. The zero-order valence-electron chi connectivity index (χ0n) is 12.7. The molecule has 0 bridgehead atoms. The van der Waals surface area contributed by atoms with Crippen molar-refractivity contribution in [2.75, 3.05) is 0 Å². The first-order valence-electron chi connectivity index (χ1n) is 6.70. The van der Waals surface area contributed by atoms with E-state index in [2.05, 4.69) is 42.6 Å². The zero-order chi connectivity index (χ0) is 15.2. The quantitative estimate of drug-likeness (QED) is 0.809. The Morgan fingerprint density at radius 2 is 1.85 bits per heavy atom. The molecule has 1 atom stereocenters. The number of fused-ring (bicyclic) bond motifs is 1. The van der Waals surface area contributed by atoms with Crippen molar-refractivity contribution in [3.05, 3.63) is 35.4 Å². The molecular formula is C14H22N2O2SSi. The van der Waals surface area contributed by atoms with E-state index >= 15 is 0 Å². The van der Waals surface area contributed by atoms with Gasteiger partial charge >= 0.3 is 0 Å². The Morgan fingerprint density at radius 3 is 2.45 bits per heavy atom. The van der Waals surface area contributed by atoms with Crippen LogP contribution in [0.15, 0.2) is 28.3 Å². The molecular weight excluding hydrogens is 288 g/mol. The van der Waals surface area contributed by atoms with Crippen LogP contribution in [0.2, 0.25) is 18.1 Å². The molecule has 1 amide bonds. The third-order valence-electron chi connectivity index (χ3n) is 4.08. The standard InChI is InChI=1S/C14H22N2O2SSi/c1-14(2,3)20(4,5)16-19(18)10-11-8-6-7-9-12(11)13(17)15-19/h6-9H,10H2,1-5H3,(H,15,16,17,18). The summed E-state index contributed by atoms with van der Waals surface area (Å²) in [6, 6.07) is 7.30. The maximum atomic E-state index is 13.0. The van der Waals surface area contributed by atoms with E-state index in [1.807, 2.05) is 18.2 Å². The summed E-state index contributed by atoms with van der Waals surface area (Å²) in [5, 5.41) is -0.000890. The molecule has 0 spiro atoms. The summed E-state index contributed by atoms with van der Waals surface area (Å²) < 4.78 is 20.3.